The monoisotopic (exact) mass is 154 g/mol. The van der Waals surface area contributed by atoms with Gasteiger partial charge >= 0.3 is 5.97 Å². The number of fused-ring (bicyclic) bond motifs is 1. The first-order valence-electron chi connectivity index (χ1n) is 3.95. The quantitative estimate of drug-likeness (QED) is 0.604. The molecule has 2 aliphatic carbocycles. The molecule has 0 aromatic carbocycles. The van der Waals surface area contributed by atoms with Crippen molar-refractivity contribution in [2.24, 2.45) is 17.8 Å². The molecule has 0 unspecified atom stereocenters. The molecule has 1 N–H and O–H groups in total. The number of hydrogen-bond donors (Lipinski definition) is 1. The predicted molar refractivity (Wildman–Crippen MR) is 37.0 cm³/mol. The van der Waals surface area contributed by atoms with Gasteiger partial charge in [0, 0.05) is 12.3 Å². The summed E-state index contributed by atoms with van der Waals surface area (Å²) in [5.74, 6) is -0.684. The van der Waals surface area contributed by atoms with Crippen molar-refractivity contribution in [3.05, 3.63) is 0 Å². The van der Waals surface area contributed by atoms with Gasteiger partial charge in [0.25, 0.3) is 0 Å². The van der Waals surface area contributed by atoms with Crippen LogP contribution >= 0.6 is 0 Å². The summed E-state index contributed by atoms with van der Waals surface area (Å²) in [6.45, 7) is 0. The first-order valence-corrected chi connectivity index (χ1v) is 3.95. The Morgan fingerprint density at radius 3 is 2.45 bits per heavy atom. The summed E-state index contributed by atoms with van der Waals surface area (Å²) in [4.78, 5) is 21.7. The van der Waals surface area contributed by atoms with Gasteiger partial charge in [0.2, 0.25) is 0 Å². The molecule has 0 spiro atoms. The molecule has 0 saturated heterocycles. The van der Waals surface area contributed by atoms with Crippen molar-refractivity contribution in [3.8, 4) is 0 Å². The van der Waals surface area contributed by atoms with E-state index in [1.807, 2.05) is 0 Å². The lowest BCUT2D eigenvalue weighted by Crippen LogP contribution is -2.30. The number of Topliss-reactive ketones (excluding diaryl/α,β-unsaturated/α-hetero) is 1. The summed E-state index contributed by atoms with van der Waals surface area (Å²) in [6, 6.07) is 0. The second-order valence-corrected chi connectivity index (χ2v) is 3.46. The van der Waals surface area contributed by atoms with Gasteiger partial charge in [0.15, 0.2) is 0 Å². The number of carbonyl (C=O) groups excluding carboxylic acids is 1. The van der Waals surface area contributed by atoms with Crippen molar-refractivity contribution in [1.82, 2.24) is 0 Å². The lowest BCUT2D eigenvalue weighted by Gasteiger charge is -2.30. The van der Waals surface area contributed by atoms with Gasteiger partial charge in [0.05, 0.1) is 5.92 Å². The van der Waals surface area contributed by atoms with Gasteiger partial charge in [-0.1, -0.05) is 0 Å². The van der Waals surface area contributed by atoms with Crippen LogP contribution < -0.4 is 0 Å². The second-order valence-electron chi connectivity index (χ2n) is 3.46. The number of rotatable bonds is 1. The summed E-state index contributed by atoms with van der Waals surface area (Å²) in [7, 11) is 0. The molecule has 3 heteroatoms. The zero-order valence-electron chi connectivity index (χ0n) is 6.12. The molecule has 0 heterocycles. The van der Waals surface area contributed by atoms with Crippen molar-refractivity contribution in [1.29, 1.82) is 0 Å². The SMILES string of the molecule is O=C(O)[C@H]1CC(=O)[C@@H]2CC[C@H]12. The average molecular weight is 154 g/mol. The zero-order valence-corrected chi connectivity index (χ0v) is 6.12. The van der Waals surface area contributed by atoms with E-state index in [0.717, 1.165) is 12.8 Å². The second kappa shape index (κ2) is 2.06. The minimum Gasteiger partial charge on any atom is -0.481 e. The van der Waals surface area contributed by atoms with Gasteiger partial charge < -0.3 is 5.11 Å². The van der Waals surface area contributed by atoms with E-state index in [2.05, 4.69) is 0 Å². The third-order valence-electron chi connectivity index (χ3n) is 3.00. The van der Waals surface area contributed by atoms with Crippen LogP contribution in [0.25, 0.3) is 0 Å². The summed E-state index contributed by atoms with van der Waals surface area (Å²) >= 11 is 0. The standard InChI is InChI=1S/C8H10O3/c9-7-3-6(8(10)11)4-1-2-5(4)7/h4-6H,1-3H2,(H,10,11)/t4-,5+,6-/m0/s1. The first-order chi connectivity index (χ1) is 5.20. The Labute approximate surface area is 64.4 Å². The van der Waals surface area contributed by atoms with Crippen LogP contribution in [0, 0.1) is 17.8 Å². The highest BCUT2D eigenvalue weighted by atomic mass is 16.4. The van der Waals surface area contributed by atoms with E-state index >= 15 is 0 Å². The largest absolute Gasteiger partial charge is 0.481 e. The van der Waals surface area contributed by atoms with Crippen LogP contribution in [0.15, 0.2) is 0 Å². The summed E-state index contributed by atoms with van der Waals surface area (Å²) < 4.78 is 0. The normalized spacial score (nSPS) is 41.5. The van der Waals surface area contributed by atoms with Crippen molar-refractivity contribution in [2.75, 3.05) is 0 Å². The minimum absolute atomic E-state index is 0.107. The van der Waals surface area contributed by atoms with Gasteiger partial charge in [-0.3, -0.25) is 9.59 Å². The van der Waals surface area contributed by atoms with Crippen molar-refractivity contribution >= 4 is 11.8 Å². The van der Waals surface area contributed by atoms with Gasteiger partial charge in [0.1, 0.15) is 5.78 Å². The maximum atomic E-state index is 11.1. The highest BCUT2D eigenvalue weighted by molar-refractivity contribution is 5.90. The molecule has 3 atom stereocenters. The Bertz CT molecular complexity index is 221. The Morgan fingerprint density at radius 1 is 1.45 bits per heavy atom. The topological polar surface area (TPSA) is 54.4 Å². The molecule has 0 aliphatic heterocycles. The van der Waals surface area contributed by atoms with Crippen molar-refractivity contribution < 1.29 is 14.7 Å². The molecule has 2 fully saturated rings. The fourth-order valence-electron chi connectivity index (χ4n) is 2.20. The molecule has 2 aliphatic rings. The molecule has 11 heavy (non-hydrogen) atoms. The molecule has 0 aromatic heterocycles. The Morgan fingerprint density at radius 2 is 2.18 bits per heavy atom. The van der Waals surface area contributed by atoms with Crippen LogP contribution in [0.3, 0.4) is 0 Å². The Balaban J connectivity index is 2.16. The van der Waals surface area contributed by atoms with E-state index in [0.29, 0.717) is 0 Å². The van der Waals surface area contributed by atoms with Crippen molar-refractivity contribution in [2.45, 2.75) is 19.3 Å². The van der Waals surface area contributed by atoms with Crippen LogP contribution in [0.1, 0.15) is 19.3 Å². The van der Waals surface area contributed by atoms with Gasteiger partial charge in [-0.2, -0.15) is 0 Å². The molecule has 3 nitrogen and oxygen atoms in total. The fraction of sp³-hybridized carbons (Fsp3) is 0.750. The summed E-state index contributed by atoms with van der Waals surface area (Å²) in [6.07, 6.45) is 2.14. The van der Waals surface area contributed by atoms with Gasteiger partial charge in [-0.15, -0.1) is 0 Å². The highest BCUT2D eigenvalue weighted by Gasteiger charge is 2.50. The summed E-state index contributed by atoms with van der Waals surface area (Å²) in [5, 5.41) is 8.70. The van der Waals surface area contributed by atoms with Gasteiger partial charge in [-0.05, 0) is 18.8 Å². The number of carbonyl (C=O) groups is 2. The zero-order chi connectivity index (χ0) is 8.01. The lowest BCUT2D eigenvalue weighted by molar-refractivity contribution is -0.144. The molecule has 60 valence electrons. The number of carboxylic acid groups (broad SMARTS) is 1. The average Bonchev–Trinajstić information content (AvgIpc) is 2.02. The molecule has 0 aromatic rings. The first kappa shape index (κ1) is 6.83. The van der Waals surface area contributed by atoms with E-state index in [1.165, 1.54) is 0 Å². The number of aliphatic carboxylic acids is 1. The van der Waals surface area contributed by atoms with E-state index in [9.17, 15) is 9.59 Å². The maximum absolute atomic E-state index is 11.1. The number of hydrogen-bond acceptors (Lipinski definition) is 2. The molecular weight excluding hydrogens is 144 g/mol. The van der Waals surface area contributed by atoms with E-state index in [1.54, 1.807) is 0 Å². The molecule has 2 saturated carbocycles. The summed E-state index contributed by atoms with van der Waals surface area (Å²) in [5.41, 5.74) is 0. The number of carboxylic acids is 1. The minimum atomic E-state index is -0.787. The highest BCUT2D eigenvalue weighted by Crippen LogP contribution is 2.48. The van der Waals surface area contributed by atoms with E-state index < -0.39 is 5.97 Å². The number of ketones is 1. The lowest BCUT2D eigenvalue weighted by atomic mass is 9.72. The van der Waals surface area contributed by atoms with Crippen LogP contribution in [0.2, 0.25) is 0 Å². The molecule has 0 radical (unpaired) electrons. The Kier molecular flexibility index (Phi) is 1.28. The van der Waals surface area contributed by atoms with Crippen LogP contribution in [0.4, 0.5) is 0 Å². The Hall–Kier alpha value is -0.860. The predicted octanol–water partition coefficient (Wildman–Crippen LogP) is 0.686. The smallest absolute Gasteiger partial charge is 0.307 e. The van der Waals surface area contributed by atoms with Crippen LogP contribution in [-0.2, 0) is 9.59 Å². The molecule has 0 amide bonds. The van der Waals surface area contributed by atoms with Crippen LogP contribution in [-0.4, -0.2) is 16.9 Å². The third kappa shape index (κ3) is 0.800. The van der Waals surface area contributed by atoms with E-state index in [-0.39, 0.29) is 30.0 Å². The molecule has 0 bridgehead atoms. The molecular formula is C8H10O3. The van der Waals surface area contributed by atoms with Gasteiger partial charge in [-0.25, -0.2) is 0 Å². The van der Waals surface area contributed by atoms with Crippen molar-refractivity contribution in [3.63, 3.8) is 0 Å². The van der Waals surface area contributed by atoms with E-state index in [4.69, 9.17) is 5.11 Å². The fourth-order valence-corrected chi connectivity index (χ4v) is 2.20. The molecule has 2 rings (SSSR count). The maximum Gasteiger partial charge on any atom is 0.307 e. The van der Waals surface area contributed by atoms with Crippen LogP contribution in [0.5, 0.6) is 0 Å². The third-order valence-corrected chi connectivity index (χ3v) is 3.00.